The van der Waals surface area contributed by atoms with Crippen molar-refractivity contribution in [3.63, 3.8) is 0 Å². The zero-order valence-electron chi connectivity index (χ0n) is 9.56. The molecule has 2 aliphatic rings. The van der Waals surface area contributed by atoms with Gasteiger partial charge in [0.05, 0.1) is 29.1 Å². The highest BCUT2D eigenvalue weighted by Crippen LogP contribution is 2.36. The largest absolute Gasteiger partial charge is 0.393 e. The summed E-state index contributed by atoms with van der Waals surface area (Å²) >= 11 is 0. The molecule has 4 nitrogen and oxygen atoms in total. The van der Waals surface area contributed by atoms with Crippen LogP contribution in [0.2, 0.25) is 0 Å². The number of nitrogens with one attached hydrogen (secondary N) is 1. The second-order valence-electron chi connectivity index (χ2n) is 4.74. The van der Waals surface area contributed by atoms with Gasteiger partial charge < -0.3 is 15.3 Å². The van der Waals surface area contributed by atoms with Crippen LogP contribution in [0.15, 0.2) is 18.2 Å². The Morgan fingerprint density at radius 2 is 2.24 bits per heavy atom. The zero-order valence-corrected chi connectivity index (χ0v) is 9.56. The molecule has 1 fully saturated rings. The normalized spacial score (nSPS) is 26.5. The van der Waals surface area contributed by atoms with Crippen LogP contribution in [-0.2, 0) is 0 Å². The summed E-state index contributed by atoms with van der Waals surface area (Å²) < 4.78 is 0. The second-order valence-corrected chi connectivity index (χ2v) is 4.74. The average Bonchev–Trinajstić information content (AvgIpc) is 2.34. The minimum Gasteiger partial charge on any atom is -0.393 e. The molecule has 0 bridgehead atoms. The van der Waals surface area contributed by atoms with Crippen molar-refractivity contribution in [2.45, 2.75) is 25.0 Å². The van der Waals surface area contributed by atoms with Crippen LogP contribution in [0.1, 0.15) is 18.4 Å². The van der Waals surface area contributed by atoms with Crippen LogP contribution in [0, 0.1) is 11.3 Å². The Morgan fingerprint density at radius 3 is 2.94 bits per heavy atom. The number of hydrogen-bond donors (Lipinski definition) is 2. The third-order valence-corrected chi connectivity index (χ3v) is 3.63. The van der Waals surface area contributed by atoms with Gasteiger partial charge in [-0.3, -0.25) is 0 Å². The minimum absolute atomic E-state index is 0.141. The molecule has 4 heteroatoms. The quantitative estimate of drug-likeness (QED) is 0.762. The molecule has 0 saturated heterocycles. The van der Waals surface area contributed by atoms with Crippen LogP contribution in [0.4, 0.5) is 11.4 Å². The molecule has 1 aliphatic carbocycles. The monoisotopic (exact) mass is 229 g/mol. The lowest BCUT2D eigenvalue weighted by atomic mass is 9.87. The predicted octanol–water partition coefficient (Wildman–Crippen LogP) is 1.31. The molecule has 1 aliphatic heterocycles. The molecular formula is C13H15N3O. The van der Waals surface area contributed by atoms with E-state index in [1.165, 1.54) is 0 Å². The van der Waals surface area contributed by atoms with Gasteiger partial charge in [-0.05, 0) is 31.0 Å². The smallest absolute Gasteiger partial charge is 0.0992 e. The summed E-state index contributed by atoms with van der Waals surface area (Å²) in [7, 11) is 0. The van der Waals surface area contributed by atoms with Gasteiger partial charge in [-0.25, -0.2) is 0 Å². The number of anilines is 2. The molecule has 2 N–H and O–H groups in total. The average molecular weight is 229 g/mol. The van der Waals surface area contributed by atoms with Crippen LogP contribution >= 0.6 is 0 Å². The summed E-state index contributed by atoms with van der Waals surface area (Å²) in [6.07, 6.45) is 1.55. The van der Waals surface area contributed by atoms with Gasteiger partial charge in [0.25, 0.3) is 0 Å². The van der Waals surface area contributed by atoms with Crippen molar-refractivity contribution in [3.8, 4) is 6.07 Å². The second kappa shape index (κ2) is 3.94. The molecule has 1 heterocycles. The summed E-state index contributed by atoms with van der Waals surface area (Å²) in [5, 5.41) is 21.7. The molecule has 3 rings (SSSR count). The maximum Gasteiger partial charge on any atom is 0.0992 e. The topological polar surface area (TPSA) is 59.3 Å². The van der Waals surface area contributed by atoms with E-state index in [9.17, 15) is 5.11 Å². The summed E-state index contributed by atoms with van der Waals surface area (Å²) in [6, 6.07) is 8.35. The van der Waals surface area contributed by atoms with E-state index in [1.54, 1.807) is 0 Å². The summed E-state index contributed by atoms with van der Waals surface area (Å²) in [5.74, 6) is 0. The van der Waals surface area contributed by atoms with E-state index in [-0.39, 0.29) is 6.10 Å². The van der Waals surface area contributed by atoms with Crippen molar-refractivity contribution in [3.05, 3.63) is 23.8 Å². The summed E-state index contributed by atoms with van der Waals surface area (Å²) in [6.45, 7) is 1.87. The highest BCUT2D eigenvalue weighted by atomic mass is 16.3. The number of fused-ring (bicyclic) bond motifs is 1. The number of benzene rings is 1. The number of nitrogens with zero attached hydrogens (tertiary/aromatic N) is 2. The number of aliphatic hydroxyl groups is 1. The van der Waals surface area contributed by atoms with Crippen molar-refractivity contribution in [1.29, 1.82) is 5.26 Å². The molecule has 0 spiro atoms. The maximum atomic E-state index is 9.40. The van der Waals surface area contributed by atoms with Crippen molar-refractivity contribution >= 4 is 11.4 Å². The van der Waals surface area contributed by atoms with Crippen LogP contribution in [0.5, 0.6) is 0 Å². The van der Waals surface area contributed by atoms with E-state index in [0.717, 1.165) is 37.3 Å². The fourth-order valence-electron chi connectivity index (χ4n) is 2.61. The lowest BCUT2D eigenvalue weighted by Gasteiger charge is -2.44. The standard InChI is InChI=1S/C13H15N3O/c14-8-9-1-2-12-13(5-9)16(4-3-15-12)10-6-11(17)7-10/h1-2,5,10-11,15,17H,3-4,6-7H2. The number of nitriles is 1. The lowest BCUT2D eigenvalue weighted by Crippen LogP contribution is -2.50. The Kier molecular flexibility index (Phi) is 2.41. The third-order valence-electron chi connectivity index (χ3n) is 3.63. The van der Waals surface area contributed by atoms with Gasteiger partial charge in [0, 0.05) is 19.1 Å². The fraction of sp³-hybridized carbons (Fsp3) is 0.462. The zero-order chi connectivity index (χ0) is 11.8. The molecule has 0 amide bonds. The van der Waals surface area contributed by atoms with Gasteiger partial charge >= 0.3 is 0 Å². The van der Waals surface area contributed by atoms with E-state index >= 15 is 0 Å². The number of rotatable bonds is 1. The van der Waals surface area contributed by atoms with Gasteiger partial charge in [0.15, 0.2) is 0 Å². The van der Waals surface area contributed by atoms with E-state index in [2.05, 4.69) is 16.3 Å². The van der Waals surface area contributed by atoms with E-state index < -0.39 is 0 Å². The highest BCUT2D eigenvalue weighted by molar-refractivity contribution is 5.74. The van der Waals surface area contributed by atoms with Gasteiger partial charge in [-0.1, -0.05) is 0 Å². The molecule has 17 heavy (non-hydrogen) atoms. The molecule has 0 aromatic heterocycles. The molecule has 88 valence electrons. The third kappa shape index (κ3) is 1.73. The van der Waals surface area contributed by atoms with Crippen LogP contribution in [0.3, 0.4) is 0 Å². The molecule has 1 aromatic rings. The molecule has 0 unspecified atom stereocenters. The Balaban J connectivity index is 1.92. The Hall–Kier alpha value is -1.73. The van der Waals surface area contributed by atoms with Gasteiger partial charge in [-0.2, -0.15) is 5.26 Å². The molecular weight excluding hydrogens is 214 g/mol. The SMILES string of the molecule is N#Cc1ccc2c(c1)N(C1CC(O)C1)CCN2. The Morgan fingerprint density at radius 1 is 1.41 bits per heavy atom. The lowest BCUT2D eigenvalue weighted by molar-refractivity contribution is 0.0734. The summed E-state index contributed by atoms with van der Waals surface area (Å²) in [4.78, 5) is 2.32. The Bertz CT molecular complexity index is 474. The summed E-state index contributed by atoms with van der Waals surface area (Å²) in [5.41, 5.74) is 2.89. The van der Waals surface area contributed by atoms with Crippen LogP contribution in [0.25, 0.3) is 0 Å². The maximum absolute atomic E-state index is 9.40. The predicted molar refractivity (Wildman–Crippen MR) is 66.0 cm³/mol. The highest BCUT2D eigenvalue weighted by Gasteiger charge is 2.34. The number of hydrogen-bond acceptors (Lipinski definition) is 4. The van der Waals surface area contributed by atoms with Gasteiger partial charge in [0.2, 0.25) is 0 Å². The molecule has 0 atom stereocenters. The van der Waals surface area contributed by atoms with Crippen LogP contribution < -0.4 is 10.2 Å². The van der Waals surface area contributed by atoms with E-state index in [4.69, 9.17) is 5.26 Å². The van der Waals surface area contributed by atoms with Crippen LogP contribution in [-0.4, -0.2) is 30.3 Å². The van der Waals surface area contributed by atoms with Crippen molar-refractivity contribution in [1.82, 2.24) is 0 Å². The van der Waals surface area contributed by atoms with Gasteiger partial charge in [0.1, 0.15) is 0 Å². The number of aliphatic hydroxyl groups excluding tert-OH is 1. The molecule has 0 radical (unpaired) electrons. The molecule has 1 aromatic carbocycles. The first-order valence-electron chi connectivity index (χ1n) is 6.00. The van der Waals surface area contributed by atoms with Crippen molar-refractivity contribution in [2.75, 3.05) is 23.3 Å². The van der Waals surface area contributed by atoms with E-state index in [0.29, 0.717) is 11.6 Å². The first kappa shape index (κ1) is 10.4. The first-order chi connectivity index (χ1) is 8.28. The van der Waals surface area contributed by atoms with Gasteiger partial charge in [-0.15, -0.1) is 0 Å². The Labute approximate surface area is 100 Å². The van der Waals surface area contributed by atoms with Crippen molar-refractivity contribution in [2.24, 2.45) is 0 Å². The first-order valence-corrected chi connectivity index (χ1v) is 6.00. The van der Waals surface area contributed by atoms with E-state index in [1.807, 2.05) is 18.2 Å². The van der Waals surface area contributed by atoms with Crippen molar-refractivity contribution < 1.29 is 5.11 Å². The minimum atomic E-state index is -0.141. The fourth-order valence-corrected chi connectivity index (χ4v) is 2.61. The molecule has 1 saturated carbocycles.